The van der Waals surface area contributed by atoms with Gasteiger partial charge >= 0.3 is 0 Å². The second-order valence-electron chi connectivity index (χ2n) is 7.43. The van der Waals surface area contributed by atoms with Gasteiger partial charge in [-0.1, -0.05) is 61.5 Å². The van der Waals surface area contributed by atoms with Gasteiger partial charge in [-0.25, -0.2) is 0 Å². The topological polar surface area (TPSA) is 49.4 Å². The lowest BCUT2D eigenvalue weighted by atomic mass is 10.00. The quantitative estimate of drug-likeness (QED) is 0.850. The van der Waals surface area contributed by atoms with Crippen molar-refractivity contribution in [3.05, 3.63) is 60.2 Å². The predicted molar refractivity (Wildman–Crippen MR) is 108 cm³/mol. The number of hydrogen-bond acceptors (Lipinski definition) is 2. The Hall–Kier alpha value is -2.62. The van der Waals surface area contributed by atoms with Gasteiger partial charge in [-0.2, -0.15) is 0 Å². The van der Waals surface area contributed by atoms with E-state index in [9.17, 15) is 9.59 Å². The lowest BCUT2D eigenvalue weighted by Crippen LogP contribution is -2.40. The fourth-order valence-electron chi connectivity index (χ4n) is 3.58. The van der Waals surface area contributed by atoms with E-state index in [0.717, 1.165) is 30.6 Å². The molecule has 1 aliphatic heterocycles. The third-order valence-corrected chi connectivity index (χ3v) is 5.10. The first-order valence-corrected chi connectivity index (χ1v) is 9.80. The molecule has 0 spiro atoms. The van der Waals surface area contributed by atoms with Crippen molar-refractivity contribution >= 4 is 11.8 Å². The zero-order valence-corrected chi connectivity index (χ0v) is 16.0. The van der Waals surface area contributed by atoms with E-state index in [1.165, 1.54) is 12.0 Å². The normalized spacial score (nSPS) is 16.8. The minimum absolute atomic E-state index is 0.0396. The molecule has 1 atom stereocenters. The number of hydrogen-bond donors (Lipinski definition) is 1. The first kappa shape index (κ1) is 19.2. The van der Waals surface area contributed by atoms with E-state index >= 15 is 0 Å². The molecule has 2 aromatic carbocycles. The average Bonchev–Trinajstić information content (AvgIpc) is 2.69. The molecule has 0 aliphatic carbocycles. The highest BCUT2D eigenvalue weighted by Crippen LogP contribution is 2.19. The van der Waals surface area contributed by atoms with Crippen LogP contribution < -0.4 is 5.32 Å². The zero-order valence-electron chi connectivity index (χ0n) is 16.0. The summed E-state index contributed by atoms with van der Waals surface area (Å²) in [6.45, 7) is 4.29. The van der Waals surface area contributed by atoms with Gasteiger partial charge in [0.2, 0.25) is 11.8 Å². The largest absolute Gasteiger partial charge is 0.355 e. The highest BCUT2D eigenvalue weighted by Gasteiger charge is 2.20. The van der Waals surface area contributed by atoms with Gasteiger partial charge in [0.05, 0.1) is 6.42 Å². The SMILES string of the molecule is CC1CCCN(C(=O)CCNC(=O)Cc2ccc(-c3ccccc3)cc2)C1. The van der Waals surface area contributed by atoms with E-state index in [-0.39, 0.29) is 11.8 Å². The number of amides is 2. The molecule has 3 rings (SSSR count). The van der Waals surface area contributed by atoms with Gasteiger partial charge in [-0.3, -0.25) is 9.59 Å². The molecule has 4 heteroatoms. The number of carbonyl (C=O) groups excluding carboxylic acids is 2. The van der Waals surface area contributed by atoms with Crippen LogP contribution in [0.25, 0.3) is 11.1 Å². The van der Waals surface area contributed by atoms with Gasteiger partial charge in [-0.15, -0.1) is 0 Å². The molecule has 4 nitrogen and oxygen atoms in total. The summed E-state index contributed by atoms with van der Waals surface area (Å²) in [5.41, 5.74) is 3.28. The Kier molecular flexibility index (Phi) is 6.64. The van der Waals surface area contributed by atoms with E-state index < -0.39 is 0 Å². The monoisotopic (exact) mass is 364 g/mol. The summed E-state index contributed by atoms with van der Waals surface area (Å²) in [5, 5.41) is 2.87. The third-order valence-electron chi connectivity index (χ3n) is 5.10. The lowest BCUT2D eigenvalue weighted by molar-refractivity contribution is -0.132. The molecule has 142 valence electrons. The molecule has 0 aromatic heterocycles. The van der Waals surface area contributed by atoms with Gasteiger partial charge in [-0.05, 0) is 35.4 Å². The van der Waals surface area contributed by atoms with Crippen LogP contribution in [-0.4, -0.2) is 36.3 Å². The van der Waals surface area contributed by atoms with E-state index in [1.54, 1.807) is 0 Å². The van der Waals surface area contributed by atoms with Crippen molar-refractivity contribution in [1.29, 1.82) is 0 Å². The van der Waals surface area contributed by atoms with Gasteiger partial charge in [0.1, 0.15) is 0 Å². The minimum Gasteiger partial charge on any atom is -0.355 e. The van der Waals surface area contributed by atoms with Gasteiger partial charge < -0.3 is 10.2 Å². The summed E-state index contributed by atoms with van der Waals surface area (Å²) in [5.74, 6) is 0.687. The molecule has 2 amide bonds. The highest BCUT2D eigenvalue weighted by atomic mass is 16.2. The smallest absolute Gasteiger partial charge is 0.224 e. The van der Waals surface area contributed by atoms with Crippen LogP contribution in [0.4, 0.5) is 0 Å². The van der Waals surface area contributed by atoms with Gasteiger partial charge in [0.25, 0.3) is 0 Å². The first-order chi connectivity index (χ1) is 13.1. The molecule has 1 aliphatic rings. The molecule has 0 bridgehead atoms. The van der Waals surface area contributed by atoms with Crippen molar-refractivity contribution < 1.29 is 9.59 Å². The average molecular weight is 364 g/mol. The first-order valence-electron chi connectivity index (χ1n) is 9.80. The molecule has 27 heavy (non-hydrogen) atoms. The third kappa shape index (κ3) is 5.68. The number of carbonyl (C=O) groups is 2. The van der Waals surface area contributed by atoms with E-state index in [0.29, 0.717) is 25.3 Å². The number of nitrogens with zero attached hydrogens (tertiary/aromatic N) is 1. The number of benzene rings is 2. The van der Waals surface area contributed by atoms with Crippen LogP contribution in [0, 0.1) is 5.92 Å². The minimum atomic E-state index is -0.0396. The van der Waals surface area contributed by atoms with Crippen molar-refractivity contribution in [3.63, 3.8) is 0 Å². The molecule has 1 N–H and O–H groups in total. The maximum Gasteiger partial charge on any atom is 0.224 e. The van der Waals surface area contributed by atoms with Crippen molar-refractivity contribution in [2.45, 2.75) is 32.6 Å². The fourth-order valence-corrected chi connectivity index (χ4v) is 3.58. The van der Waals surface area contributed by atoms with E-state index in [2.05, 4.69) is 24.4 Å². The Morgan fingerprint density at radius 2 is 1.74 bits per heavy atom. The molecule has 2 aromatic rings. The second-order valence-corrected chi connectivity index (χ2v) is 7.43. The summed E-state index contributed by atoms with van der Waals surface area (Å²) in [7, 11) is 0. The molecule has 0 saturated carbocycles. The van der Waals surface area contributed by atoms with Crippen LogP contribution in [0.5, 0.6) is 0 Å². The summed E-state index contributed by atoms with van der Waals surface area (Å²) < 4.78 is 0. The Bertz CT molecular complexity index is 756. The Morgan fingerprint density at radius 1 is 1.04 bits per heavy atom. The maximum absolute atomic E-state index is 12.2. The number of nitrogens with one attached hydrogen (secondary N) is 1. The molecule has 0 radical (unpaired) electrons. The maximum atomic E-state index is 12.2. The predicted octanol–water partition coefficient (Wildman–Crippen LogP) is 3.66. The van der Waals surface area contributed by atoms with E-state index in [1.807, 2.05) is 47.4 Å². The van der Waals surface area contributed by atoms with Crippen LogP contribution in [0.2, 0.25) is 0 Å². The Labute approximate surface area is 161 Å². The molecular weight excluding hydrogens is 336 g/mol. The molecule has 1 heterocycles. The fraction of sp³-hybridized carbons (Fsp3) is 0.391. The van der Waals surface area contributed by atoms with Gasteiger partial charge in [0, 0.05) is 26.1 Å². The molecule has 1 unspecified atom stereocenters. The van der Waals surface area contributed by atoms with Crippen molar-refractivity contribution in [2.75, 3.05) is 19.6 Å². The second kappa shape index (κ2) is 9.36. The molecule has 1 saturated heterocycles. The Balaban J connectivity index is 1.42. The summed E-state index contributed by atoms with van der Waals surface area (Å²) in [6.07, 6.45) is 3.00. The number of likely N-dealkylation sites (tertiary alicyclic amines) is 1. The van der Waals surface area contributed by atoms with Crippen molar-refractivity contribution in [3.8, 4) is 11.1 Å². The van der Waals surface area contributed by atoms with Crippen molar-refractivity contribution in [1.82, 2.24) is 10.2 Å². The number of piperidine rings is 1. The highest BCUT2D eigenvalue weighted by molar-refractivity contribution is 5.80. The van der Waals surface area contributed by atoms with Gasteiger partial charge in [0.15, 0.2) is 0 Å². The van der Waals surface area contributed by atoms with Crippen LogP contribution in [0.3, 0.4) is 0 Å². The molecule has 1 fully saturated rings. The zero-order chi connectivity index (χ0) is 19.1. The van der Waals surface area contributed by atoms with Crippen molar-refractivity contribution in [2.24, 2.45) is 5.92 Å². The lowest BCUT2D eigenvalue weighted by Gasteiger charge is -2.31. The Morgan fingerprint density at radius 3 is 2.44 bits per heavy atom. The summed E-state index contributed by atoms with van der Waals surface area (Å²) >= 11 is 0. The summed E-state index contributed by atoms with van der Waals surface area (Å²) in [6, 6.07) is 18.2. The standard InChI is InChI=1S/C23H28N2O2/c1-18-6-5-15-25(17-18)23(27)13-14-24-22(26)16-19-9-11-21(12-10-19)20-7-3-2-4-8-20/h2-4,7-12,18H,5-6,13-17H2,1H3,(H,24,26). The van der Waals surface area contributed by atoms with Crippen LogP contribution >= 0.6 is 0 Å². The van der Waals surface area contributed by atoms with E-state index in [4.69, 9.17) is 0 Å². The van der Waals surface area contributed by atoms with Crippen LogP contribution in [-0.2, 0) is 16.0 Å². The molecular formula is C23H28N2O2. The van der Waals surface area contributed by atoms with Crippen LogP contribution in [0.1, 0.15) is 31.7 Å². The summed E-state index contributed by atoms with van der Waals surface area (Å²) in [4.78, 5) is 26.3. The van der Waals surface area contributed by atoms with Crippen LogP contribution in [0.15, 0.2) is 54.6 Å². The number of rotatable bonds is 6.